The van der Waals surface area contributed by atoms with Crippen molar-refractivity contribution in [3.63, 3.8) is 0 Å². The Morgan fingerprint density at radius 3 is 3.00 bits per heavy atom. The lowest BCUT2D eigenvalue weighted by atomic mass is 9.77. The van der Waals surface area contributed by atoms with Crippen molar-refractivity contribution >= 4 is 11.3 Å². The average Bonchev–Trinajstić information content (AvgIpc) is 2.63. The normalized spacial score (nSPS) is 21.6. The van der Waals surface area contributed by atoms with Gasteiger partial charge in [-0.1, -0.05) is 0 Å². The monoisotopic (exact) mass is 211 g/mol. The number of aromatic nitrogens is 1. The van der Waals surface area contributed by atoms with E-state index >= 15 is 0 Å². The van der Waals surface area contributed by atoms with Crippen LogP contribution in [0.4, 0.5) is 0 Å². The molecular formula is C10H17N3S. The van der Waals surface area contributed by atoms with Gasteiger partial charge in [-0.25, -0.2) is 4.98 Å². The SMILES string of the molecule is CC(NCC1(N)CCC1)c1nccs1. The Kier molecular flexibility index (Phi) is 2.85. The van der Waals surface area contributed by atoms with E-state index < -0.39 is 0 Å². The fourth-order valence-corrected chi connectivity index (χ4v) is 2.37. The molecule has 1 heterocycles. The van der Waals surface area contributed by atoms with Crippen molar-refractivity contribution in [3.8, 4) is 0 Å². The van der Waals surface area contributed by atoms with Gasteiger partial charge in [0.2, 0.25) is 0 Å². The van der Waals surface area contributed by atoms with E-state index in [0.717, 1.165) is 24.4 Å². The first kappa shape index (κ1) is 10.1. The van der Waals surface area contributed by atoms with Crippen molar-refractivity contribution in [2.45, 2.75) is 37.8 Å². The molecule has 0 aliphatic heterocycles. The second-order valence-corrected chi connectivity index (χ2v) is 5.12. The Morgan fingerprint density at radius 2 is 2.50 bits per heavy atom. The van der Waals surface area contributed by atoms with E-state index in [2.05, 4.69) is 17.2 Å². The summed E-state index contributed by atoms with van der Waals surface area (Å²) in [5.74, 6) is 0. The minimum Gasteiger partial charge on any atom is -0.324 e. The van der Waals surface area contributed by atoms with Gasteiger partial charge >= 0.3 is 0 Å². The molecule has 4 heteroatoms. The summed E-state index contributed by atoms with van der Waals surface area (Å²) in [5.41, 5.74) is 6.19. The van der Waals surface area contributed by atoms with Crippen LogP contribution in [0.15, 0.2) is 11.6 Å². The number of nitrogens with one attached hydrogen (secondary N) is 1. The third-order valence-electron chi connectivity index (χ3n) is 2.93. The summed E-state index contributed by atoms with van der Waals surface area (Å²) in [6, 6.07) is 0.330. The molecule has 1 fully saturated rings. The van der Waals surface area contributed by atoms with Crippen LogP contribution in [-0.4, -0.2) is 17.1 Å². The molecule has 1 unspecified atom stereocenters. The fourth-order valence-electron chi connectivity index (χ4n) is 1.70. The minimum atomic E-state index is 0.0610. The number of hydrogen-bond donors (Lipinski definition) is 2. The molecule has 1 saturated carbocycles. The van der Waals surface area contributed by atoms with E-state index in [4.69, 9.17) is 5.73 Å². The topological polar surface area (TPSA) is 50.9 Å². The molecule has 1 atom stereocenters. The van der Waals surface area contributed by atoms with Crippen LogP contribution in [0.25, 0.3) is 0 Å². The Labute approximate surface area is 88.7 Å². The van der Waals surface area contributed by atoms with E-state index in [-0.39, 0.29) is 5.54 Å². The molecule has 0 spiro atoms. The van der Waals surface area contributed by atoms with Crippen LogP contribution in [0.3, 0.4) is 0 Å². The lowest BCUT2D eigenvalue weighted by molar-refractivity contribution is 0.232. The first-order valence-electron chi connectivity index (χ1n) is 5.11. The number of nitrogens with zero attached hydrogens (tertiary/aromatic N) is 1. The van der Waals surface area contributed by atoms with Gasteiger partial charge in [-0.3, -0.25) is 0 Å². The Morgan fingerprint density at radius 1 is 1.71 bits per heavy atom. The summed E-state index contributed by atoms with van der Waals surface area (Å²) in [6.45, 7) is 3.05. The van der Waals surface area contributed by atoms with Gasteiger partial charge in [0.15, 0.2) is 0 Å². The van der Waals surface area contributed by atoms with Gasteiger partial charge in [-0.2, -0.15) is 0 Å². The standard InChI is InChI=1S/C10H17N3S/c1-8(9-12-5-6-14-9)13-7-10(11)3-2-4-10/h5-6,8,13H,2-4,7,11H2,1H3. The molecular weight excluding hydrogens is 194 g/mol. The number of nitrogens with two attached hydrogens (primary N) is 1. The maximum absolute atomic E-state index is 6.12. The van der Waals surface area contributed by atoms with Crippen molar-refractivity contribution in [3.05, 3.63) is 16.6 Å². The highest BCUT2D eigenvalue weighted by atomic mass is 32.1. The van der Waals surface area contributed by atoms with Gasteiger partial charge in [0.1, 0.15) is 5.01 Å². The summed E-state index contributed by atoms with van der Waals surface area (Å²) in [4.78, 5) is 4.28. The van der Waals surface area contributed by atoms with E-state index in [0.29, 0.717) is 6.04 Å². The molecule has 3 nitrogen and oxygen atoms in total. The van der Waals surface area contributed by atoms with Gasteiger partial charge in [-0.15, -0.1) is 11.3 Å². The lowest BCUT2D eigenvalue weighted by Crippen LogP contribution is -2.54. The average molecular weight is 211 g/mol. The molecule has 0 saturated heterocycles. The molecule has 2 rings (SSSR count). The highest BCUT2D eigenvalue weighted by Crippen LogP contribution is 2.29. The third-order valence-corrected chi connectivity index (χ3v) is 3.89. The minimum absolute atomic E-state index is 0.0610. The molecule has 1 aromatic rings. The molecule has 1 aliphatic rings. The van der Waals surface area contributed by atoms with Crippen LogP contribution in [0.5, 0.6) is 0 Å². The van der Waals surface area contributed by atoms with Crippen LogP contribution in [0.1, 0.15) is 37.2 Å². The zero-order valence-corrected chi connectivity index (χ0v) is 9.31. The maximum Gasteiger partial charge on any atom is 0.109 e. The molecule has 1 aliphatic carbocycles. The summed E-state index contributed by atoms with van der Waals surface area (Å²) >= 11 is 1.69. The van der Waals surface area contributed by atoms with E-state index in [1.54, 1.807) is 11.3 Å². The van der Waals surface area contributed by atoms with Gasteiger partial charge in [-0.05, 0) is 26.2 Å². The Hall–Kier alpha value is -0.450. The summed E-state index contributed by atoms with van der Waals surface area (Å²) in [6.07, 6.45) is 5.44. The summed E-state index contributed by atoms with van der Waals surface area (Å²) < 4.78 is 0. The number of hydrogen-bond acceptors (Lipinski definition) is 4. The largest absolute Gasteiger partial charge is 0.324 e. The van der Waals surface area contributed by atoms with Crippen molar-refractivity contribution in [2.24, 2.45) is 5.73 Å². The Balaban J connectivity index is 1.80. The van der Waals surface area contributed by atoms with Crippen LogP contribution in [0.2, 0.25) is 0 Å². The van der Waals surface area contributed by atoms with Crippen LogP contribution in [-0.2, 0) is 0 Å². The molecule has 0 radical (unpaired) electrons. The van der Waals surface area contributed by atoms with E-state index in [1.807, 2.05) is 11.6 Å². The van der Waals surface area contributed by atoms with Crippen molar-refractivity contribution in [1.82, 2.24) is 10.3 Å². The molecule has 14 heavy (non-hydrogen) atoms. The molecule has 78 valence electrons. The first-order chi connectivity index (χ1) is 6.70. The van der Waals surface area contributed by atoms with E-state index in [1.165, 1.54) is 6.42 Å². The molecule has 0 aromatic carbocycles. The quantitative estimate of drug-likeness (QED) is 0.796. The number of rotatable bonds is 4. The maximum atomic E-state index is 6.12. The van der Waals surface area contributed by atoms with Gasteiger partial charge in [0.25, 0.3) is 0 Å². The molecule has 0 amide bonds. The zero-order chi connectivity index (χ0) is 10.0. The molecule has 1 aromatic heterocycles. The van der Waals surface area contributed by atoms with Gasteiger partial charge < -0.3 is 11.1 Å². The van der Waals surface area contributed by atoms with Crippen LogP contribution >= 0.6 is 11.3 Å². The smallest absolute Gasteiger partial charge is 0.109 e. The second kappa shape index (κ2) is 3.96. The highest BCUT2D eigenvalue weighted by molar-refractivity contribution is 7.09. The summed E-state index contributed by atoms with van der Waals surface area (Å²) in [5, 5.41) is 6.61. The zero-order valence-electron chi connectivity index (χ0n) is 8.49. The second-order valence-electron chi connectivity index (χ2n) is 4.19. The molecule has 3 N–H and O–H groups in total. The first-order valence-corrected chi connectivity index (χ1v) is 5.99. The third kappa shape index (κ3) is 2.13. The summed E-state index contributed by atoms with van der Waals surface area (Å²) in [7, 11) is 0. The van der Waals surface area contributed by atoms with Gasteiger partial charge in [0, 0.05) is 23.7 Å². The molecule has 0 bridgehead atoms. The van der Waals surface area contributed by atoms with Crippen molar-refractivity contribution in [1.29, 1.82) is 0 Å². The predicted octanol–water partition coefficient (Wildman–Crippen LogP) is 1.68. The van der Waals surface area contributed by atoms with Gasteiger partial charge in [0.05, 0.1) is 6.04 Å². The van der Waals surface area contributed by atoms with Crippen LogP contribution in [0, 0.1) is 0 Å². The Bertz CT molecular complexity index is 280. The van der Waals surface area contributed by atoms with Crippen molar-refractivity contribution < 1.29 is 0 Å². The highest BCUT2D eigenvalue weighted by Gasteiger charge is 2.32. The van der Waals surface area contributed by atoms with Crippen LogP contribution < -0.4 is 11.1 Å². The fraction of sp³-hybridized carbons (Fsp3) is 0.700. The number of thiazole rings is 1. The van der Waals surface area contributed by atoms with E-state index in [9.17, 15) is 0 Å². The predicted molar refractivity (Wildman–Crippen MR) is 59.3 cm³/mol. The lowest BCUT2D eigenvalue weighted by Gasteiger charge is -2.38. The van der Waals surface area contributed by atoms with Crippen molar-refractivity contribution in [2.75, 3.05) is 6.54 Å².